The van der Waals surface area contributed by atoms with Gasteiger partial charge in [0.2, 0.25) is 0 Å². The molecule has 0 N–H and O–H groups in total. The molecular weight excluding hydrogens is 392 g/mol. The van der Waals surface area contributed by atoms with Crippen molar-refractivity contribution in [2.75, 3.05) is 0 Å². The Bertz CT molecular complexity index is 1050. The first-order valence-electron chi connectivity index (χ1n) is 9.90. The highest BCUT2D eigenvalue weighted by molar-refractivity contribution is 6.29. The number of amides is 4. The summed E-state index contributed by atoms with van der Waals surface area (Å²) in [4.78, 5) is 54.7. The summed E-state index contributed by atoms with van der Waals surface area (Å²) in [6.07, 6.45) is 0. The fraction of sp³-hybridized carbons (Fsp3) is 0.120. The van der Waals surface area contributed by atoms with E-state index in [0.717, 1.165) is 20.9 Å². The van der Waals surface area contributed by atoms with Gasteiger partial charge < -0.3 is 0 Å². The average molecular weight is 412 g/mol. The van der Waals surface area contributed by atoms with Crippen molar-refractivity contribution in [3.63, 3.8) is 0 Å². The third-order valence-corrected chi connectivity index (χ3v) is 5.18. The third-order valence-electron chi connectivity index (χ3n) is 5.18. The highest BCUT2D eigenvalue weighted by Gasteiger charge is 2.49. The summed E-state index contributed by atoms with van der Waals surface area (Å²) in [5, 5.41) is 0. The maximum Gasteiger partial charge on any atom is 0.334 e. The molecule has 0 radical (unpaired) electrons. The maximum atomic E-state index is 13.2. The largest absolute Gasteiger partial charge is 0.334 e. The van der Waals surface area contributed by atoms with Crippen molar-refractivity contribution in [1.82, 2.24) is 9.80 Å². The van der Waals surface area contributed by atoms with E-state index in [4.69, 9.17) is 0 Å². The topological polar surface area (TPSA) is 74.8 Å². The van der Waals surface area contributed by atoms with E-state index in [9.17, 15) is 19.2 Å². The van der Waals surface area contributed by atoms with Crippen molar-refractivity contribution in [3.8, 4) is 0 Å². The Balaban J connectivity index is 1.71. The minimum atomic E-state index is -1.59. The Morgan fingerprint density at radius 3 is 1.42 bits per heavy atom. The molecule has 0 saturated carbocycles. The maximum absolute atomic E-state index is 13.2. The van der Waals surface area contributed by atoms with Gasteiger partial charge in [-0.3, -0.25) is 24.2 Å². The van der Waals surface area contributed by atoms with E-state index in [1.807, 2.05) is 12.1 Å². The Hall–Kier alpha value is -4.06. The Kier molecular flexibility index (Phi) is 5.71. The van der Waals surface area contributed by atoms with Crippen LogP contribution in [0.4, 0.5) is 4.79 Å². The lowest BCUT2D eigenvalue weighted by Gasteiger charge is -2.36. The summed E-state index contributed by atoms with van der Waals surface area (Å²) in [7, 11) is 0. The van der Waals surface area contributed by atoms with Crippen LogP contribution in [0.1, 0.15) is 21.5 Å². The zero-order chi connectivity index (χ0) is 21.8. The number of benzene rings is 3. The molecule has 1 heterocycles. The quantitative estimate of drug-likeness (QED) is 0.457. The lowest BCUT2D eigenvalue weighted by Crippen LogP contribution is -2.60. The molecule has 0 bridgehead atoms. The van der Waals surface area contributed by atoms with E-state index in [0.29, 0.717) is 0 Å². The van der Waals surface area contributed by atoms with Gasteiger partial charge in [-0.15, -0.1) is 0 Å². The molecule has 3 aromatic carbocycles. The third kappa shape index (κ3) is 4.14. The van der Waals surface area contributed by atoms with Gasteiger partial charge in [0, 0.05) is 5.56 Å². The van der Waals surface area contributed by atoms with E-state index in [2.05, 4.69) is 0 Å². The van der Waals surface area contributed by atoms with Crippen LogP contribution in [0.2, 0.25) is 0 Å². The van der Waals surface area contributed by atoms with Gasteiger partial charge in [-0.05, 0) is 11.1 Å². The van der Waals surface area contributed by atoms with Crippen LogP contribution in [0.25, 0.3) is 0 Å². The zero-order valence-corrected chi connectivity index (χ0v) is 16.7. The number of hydrogen-bond acceptors (Lipinski definition) is 4. The predicted octanol–water partition coefficient (Wildman–Crippen LogP) is 3.68. The fourth-order valence-corrected chi connectivity index (χ4v) is 3.57. The second kappa shape index (κ2) is 8.75. The van der Waals surface area contributed by atoms with Crippen LogP contribution in [-0.4, -0.2) is 33.4 Å². The summed E-state index contributed by atoms with van der Waals surface area (Å²) in [5.41, 5.74) is 1.70. The molecule has 0 aromatic heterocycles. The van der Waals surface area contributed by atoms with Gasteiger partial charge >= 0.3 is 6.03 Å². The van der Waals surface area contributed by atoms with Gasteiger partial charge in [0.05, 0.1) is 13.1 Å². The zero-order valence-electron chi connectivity index (χ0n) is 16.7. The molecule has 1 saturated heterocycles. The van der Waals surface area contributed by atoms with E-state index in [-0.39, 0.29) is 18.7 Å². The normalized spacial score (nSPS) is 14.8. The van der Waals surface area contributed by atoms with Gasteiger partial charge in [-0.2, -0.15) is 0 Å². The van der Waals surface area contributed by atoms with Gasteiger partial charge in [0.1, 0.15) is 0 Å². The van der Waals surface area contributed by atoms with Crippen LogP contribution >= 0.6 is 0 Å². The van der Waals surface area contributed by atoms with Crippen LogP contribution in [0.3, 0.4) is 0 Å². The minimum absolute atomic E-state index is 0.0182. The molecule has 0 atom stereocenters. The number of Topliss-reactive ketones (excluding diaryl/α,β-unsaturated/α-hetero) is 1. The van der Waals surface area contributed by atoms with Crippen molar-refractivity contribution in [3.05, 3.63) is 108 Å². The first kappa shape index (κ1) is 20.2. The molecule has 1 aliphatic heterocycles. The molecule has 0 spiro atoms. The van der Waals surface area contributed by atoms with Crippen LogP contribution < -0.4 is 0 Å². The predicted molar refractivity (Wildman–Crippen MR) is 114 cm³/mol. The Morgan fingerprint density at radius 2 is 1.00 bits per heavy atom. The summed E-state index contributed by atoms with van der Waals surface area (Å²) in [6.45, 7) is -0.0364. The van der Waals surface area contributed by atoms with Gasteiger partial charge in [-0.1, -0.05) is 91.0 Å². The summed E-state index contributed by atoms with van der Waals surface area (Å²) >= 11 is 0. The molecule has 0 aliphatic carbocycles. The van der Waals surface area contributed by atoms with Crippen molar-refractivity contribution < 1.29 is 19.2 Å². The number of barbiturate groups is 1. The fourth-order valence-electron chi connectivity index (χ4n) is 3.57. The highest BCUT2D eigenvalue weighted by atomic mass is 16.2. The second-order valence-electron chi connectivity index (χ2n) is 7.27. The lowest BCUT2D eigenvalue weighted by atomic mass is 9.92. The van der Waals surface area contributed by atoms with E-state index in [1.54, 1.807) is 78.9 Å². The van der Waals surface area contributed by atoms with E-state index in [1.165, 1.54) is 0 Å². The van der Waals surface area contributed by atoms with Gasteiger partial charge in [0.15, 0.2) is 11.7 Å². The summed E-state index contributed by atoms with van der Waals surface area (Å²) in [5.74, 6) is -3.79. The monoisotopic (exact) mass is 412 g/mol. The molecule has 6 nitrogen and oxygen atoms in total. The second-order valence-corrected chi connectivity index (χ2v) is 7.27. The number of carbonyl (C=O) groups excluding carboxylic acids is 4. The Labute approximate surface area is 179 Å². The van der Waals surface area contributed by atoms with E-state index >= 15 is 0 Å². The molecule has 3 aromatic rings. The minimum Gasteiger partial charge on any atom is -0.293 e. The molecule has 0 unspecified atom stereocenters. The first-order valence-corrected chi connectivity index (χ1v) is 9.90. The molecular formula is C25H20N2O4. The highest BCUT2D eigenvalue weighted by Crippen LogP contribution is 2.25. The van der Waals surface area contributed by atoms with Crippen molar-refractivity contribution in [2.24, 2.45) is 5.92 Å². The van der Waals surface area contributed by atoms with E-state index < -0.39 is 29.5 Å². The number of imide groups is 2. The molecule has 6 heteroatoms. The van der Waals surface area contributed by atoms with Crippen LogP contribution in [0.5, 0.6) is 0 Å². The summed E-state index contributed by atoms with van der Waals surface area (Å²) < 4.78 is 0. The molecule has 31 heavy (non-hydrogen) atoms. The SMILES string of the molecule is O=C(c1ccccc1)C1C(=O)N(Cc2ccccc2)C(=O)N(Cc2ccccc2)C1=O. The van der Waals surface area contributed by atoms with Crippen LogP contribution in [-0.2, 0) is 22.7 Å². The Morgan fingerprint density at radius 1 is 0.613 bits per heavy atom. The van der Waals surface area contributed by atoms with Gasteiger partial charge in [0.25, 0.3) is 11.8 Å². The van der Waals surface area contributed by atoms with Crippen LogP contribution in [0, 0.1) is 5.92 Å². The van der Waals surface area contributed by atoms with Crippen molar-refractivity contribution >= 4 is 23.6 Å². The molecule has 1 aliphatic rings. The first-order chi connectivity index (χ1) is 15.1. The standard InChI is InChI=1S/C25H20N2O4/c28-22(20-14-8-3-9-15-20)21-23(29)26(16-18-10-4-1-5-11-18)25(31)27(24(21)30)17-19-12-6-2-7-13-19/h1-15,21H,16-17H2. The number of urea groups is 1. The number of carbonyl (C=O) groups is 4. The molecule has 4 amide bonds. The van der Waals surface area contributed by atoms with Gasteiger partial charge in [-0.25, -0.2) is 4.79 Å². The molecule has 4 rings (SSSR count). The van der Waals surface area contributed by atoms with Crippen molar-refractivity contribution in [2.45, 2.75) is 13.1 Å². The summed E-state index contributed by atoms with van der Waals surface area (Å²) in [6, 6.07) is 25.5. The lowest BCUT2D eigenvalue weighted by molar-refractivity contribution is -0.147. The number of hydrogen-bond donors (Lipinski definition) is 0. The average Bonchev–Trinajstić information content (AvgIpc) is 2.81. The molecule has 1 fully saturated rings. The number of ketones is 1. The molecule has 154 valence electrons. The number of nitrogens with zero attached hydrogens (tertiary/aromatic N) is 2. The van der Waals surface area contributed by atoms with Crippen molar-refractivity contribution in [1.29, 1.82) is 0 Å². The number of rotatable bonds is 6. The smallest absolute Gasteiger partial charge is 0.293 e. The van der Waals surface area contributed by atoms with Crippen LogP contribution in [0.15, 0.2) is 91.0 Å².